The van der Waals surface area contributed by atoms with Gasteiger partial charge in [0.1, 0.15) is 0 Å². The first kappa shape index (κ1) is 14.5. The van der Waals surface area contributed by atoms with E-state index in [0.717, 1.165) is 38.6 Å². The number of nitrogens with zero attached hydrogens (tertiary/aromatic N) is 3. The fraction of sp³-hybridized carbons (Fsp3) is 0.923. The molecule has 2 aliphatic rings. The zero-order chi connectivity index (χ0) is 13.0. The van der Waals surface area contributed by atoms with Crippen molar-refractivity contribution < 1.29 is 4.79 Å². The summed E-state index contributed by atoms with van der Waals surface area (Å²) in [6.07, 6.45) is 4.25. The van der Waals surface area contributed by atoms with Gasteiger partial charge in [0.25, 0.3) is 0 Å². The molecule has 18 heavy (non-hydrogen) atoms. The van der Waals surface area contributed by atoms with Crippen molar-refractivity contribution in [2.24, 2.45) is 0 Å². The Balaban J connectivity index is 1.74. The SMILES string of the molecule is CCCC(=O)N1CCN(C2CCN(I)CC2)CC1. The van der Waals surface area contributed by atoms with Gasteiger partial charge in [0.15, 0.2) is 0 Å². The van der Waals surface area contributed by atoms with Crippen molar-refractivity contribution in [1.29, 1.82) is 0 Å². The monoisotopic (exact) mass is 365 g/mol. The van der Waals surface area contributed by atoms with Gasteiger partial charge < -0.3 is 4.90 Å². The van der Waals surface area contributed by atoms with Crippen LogP contribution in [0.1, 0.15) is 32.6 Å². The topological polar surface area (TPSA) is 26.8 Å². The van der Waals surface area contributed by atoms with Crippen molar-refractivity contribution in [1.82, 2.24) is 12.9 Å². The van der Waals surface area contributed by atoms with Crippen LogP contribution < -0.4 is 0 Å². The Morgan fingerprint density at radius 3 is 2.28 bits per heavy atom. The zero-order valence-corrected chi connectivity index (χ0v) is 13.4. The number of carbonyl (C=O) groups is 1. The standard InChI is InChI=1S/C13H24IN3O/c1-2-3-13(18)16-10-8-15(9-11-16)12-4-6-17(14)7-5-12/h12H,2-11H2,1H3. The summed E-state index contributed by atoms with van der Waals surface area (Å²) in [5, 5.41) is 0. The molecule has 0 aromatic rings. The molecular weight excluding hydrogens is 341 g/mol. The van der Waals surface area contributed by atoms with Crippen LogP contribution in [0.3, 0.4) is 0 Å². The van der Waals surface area contributed by atoms with Gasteiger partial charge in [-0.2, -0.15) is 0 Å². The normalized spacial score (nSPS) is 24.4. The van der Waals surface area contributed by atoms with Gasteiger partial charge in [0.2, 0.25) is 5.91 Å². The lowest BCUT2D eigenvalue weighted by molar-refractivity contribution is -0.133. The molecule has 0 N–H and O–H groups in total. The zero-order valence-electron chi connectivity index (χ0n) is 11.3. The molecule has 2 aliphatic heterocycles. The van der Waals surface area contributed by atoms with E-state index in [-0.39, 0.29) is 0 Å². The molecule has 0 bridgehead atoms. The number of hydrogen-bond donors (Lipinski definition) is 0. The van der Waals surface area contributed by atoms with Crippen molar-refractivity contribution >= 4 is 28.8 Å². The second-order valence-electron chi connectivity index (χ2n) is 5.31. The Hall–Kier alpha value is 0.120. The first-order valence-electron chi connectivity index (χ1n) is 7.13. The molecule has 2 fully saturated rings. The predicted octanol–water partition coefficient (Wildman–Crippen LogP) is 1.75. The minimum Gasteiger partial charge on any atom is -0.340 e. The second kappa shape index (κ2) is 7.05. The Labute approximate surface area is 124 Å². The summed E-state index contributed by atoms with van der Waals surface area (Å²) in [4.78, 5) is 16.5. The number of halogens is 1. The molecule has 2 heterocycles. The van der Waals surface area contributed by atoms with Crippen molar-refractivity contribution in [3.63, 3.8) is 0 Å². The van der Waals surface area contributed by atoms with E-state index in [0.29, 0.717) is 12.3 Å². The maximum absolute atomic E-state index is 11.8. The fourth-order valence-corrected chi connectivity index (χ4v) is 3.47. The molecule has 0 saturated carbocycles. The summed E-state index contributed by atoms with van der Waals surface area (Å²) < 4.78 is 2.38. The van der Waals surface area contributed by atoms with Gasteiger partial charge in [-0.1, -0.05) is 6.92 Å². The van der Waals surface area contributed by atoms with Crippen LogP contribution in [-0.4, -0.2) is 64.1 Å². The average molecular weight is 365 g/mol. The lowest BCUT2D eigenvalue weighted by atomic mass is 10.0. The Kier molecular flexibility index (Phi) is 5.69. The first-order valence-corrected chi connectivity index (χ1v) is 8.09. The third-order valence-electron chi connectivity index (χ3n) is 4.06. The number of carbonyl (C=O) groups excluding carboxylic acids is 1. The first-order chi connectivity index (χ1) is 8.70. The molecule has 0 aromatic heterocycles. The molecule has 0 spiro atoms. The minimum absolute atomic E-state index is 0.347. The van der Waals surface area contributed by atoms with Gasteiger partial charge in [-0.25, -0.2) is 3.11 Å². The van der Waals surface area contributed by atoms with Crippen LogP contribution in [0.4, 0.5) is 0 Å². The van der Waals surface area contributed by atoms with Gasteiger partial charge >= 0.3 is 0 Å². The highest BCUT2D eigenvalue weighted by Crippen LogP contribution is 2.20. The van der Waals surface area contributed by atoms with Crippen molar-refractivity contribution in [2.45, 2.75) is 38.6 Å². The fourth-order valence-electron chi connectivity index (χ4n) is 2.91. The third-order valence-corrected chi connectivity index (χ3v) is 5.02. The molecule has 0 aromatic carbocycles. The lowest BCUT2D eigenvalue weighted by Gasteiger charge is -2.41. The lowest BCUT2D eigenvalue weighted by Crippen LogP contribution is -2.53. The molecular formula is C13H24IN3O. The largest absolute Gasteiger partial charge is 0.340 e. The van der Waals surface area contributed by atoms with Gasteiger partial charge in [-0.05, 0) is 19.3 Å². The van der Waals surface area contributed by atoms with E-state index in [1.165, 1.54) is 25.9 Å². The van der Waals surface area contributed by atoms with E-state index in [9.17, 15) is 4.79 Å². The quantitative estimate of drug-likeness (QED) is 0.563. The molecule has 2 rings (SSSR count). The Morgan fingerprint density at radius 2 is 1.72 bits per heavy atom. The second-order valence-corrected chi connectivity index (χ2v) is 6.67. The maximum Gasteiger partial charge on any atom is 0.222 e. The predicted molar refractivity (Wildman–Crippen MR) is 81.7 cm³/mol. The number of rotatable bonds is 3. The van der Waals surface area contributed by atoms with Gasteiger partial charge in [0, 0.05) is 74.6 Å². The average Bonchev–Trinajstić information content (AvgIpc) is 2.40. The summed E-state index contributed by atoms with van der Waals surface area (Å²) in [6, 6.07) is 0.749. The Bertz CT molecular complexity index is 271. The van der Waals surface area contributed by atoms with Crippen LogP contribution >= 0.6 is 22.9 Å². The van der Waals surface area contributed by atoms with E-state index in [4.69, 9.17) is 0 Å². The molecule has 0 radical (unpaired) electrons. The van der Waals surface area contributed by atoms with Gasteiger partial charge in [-0.3, -0.25) is 9.69 Å². The van der Waals surface area contributed by atoms with E-state index in [1.54, 1.807) is 0 Å². The molecule has 4 nitrogen and oxygen atoms in total. The molecule has 0 atom stereocenters. The van der Waals surface area contributed by atoms with E-state index >= 15 is 0 Å². The molecule has 5 heteroatoms. The van der Waals surface area contributed by atoms with E-state index in [1.807, 2.05) is 4.90 Å². The smallest absolute Gasteiger partial charge is 0.222 e. The summed E-state index contributed by atoms with van der Waals surface area (Å²) in [5.41, 5.74) is 0. The molecule has 104 valence electrons. The summed E-state index contributed by atoms with van der Waals surface area (Å²) in [7, 11) is 0. The number of piperidine rings is 1. The highest BCUT2D eigenvalue weighted by atomic mass is 127. The molecule has 1 amide bonds. The maximum atomic E-state index is 11.8. The summed E-state index contributed by atoms with van der Waals surface area (Å²) in [5.74, 6) is 0.347. The van der Waals surface area contributed by atoms with Crippen LogP contribution in [0.2, 0.25) is 0 Å². The van der Waals surface area contributed by atoms with Crippen molar-refractivity contribution in [3.8, 4) is 0 Å². The third kappa shape index (κ3) is 3.81. The van der Waals surface area contributed by atoms with Crippen LogP contribution in [0.15, 0.2) is 0 Å². The van der Waals surface area contributed by atoms with E-state index < -0.39 is 0 Å². The summed E-state index contributed by atoms with van der Waals surface area (Å²) >= 11 is 2.42. The van der Waals surface area contributed by atoms with Crippen LogP contribution in [-0.2, 0) is 4.79 Å². The number of amides is 1. The Morgan fingerprint density at radius 1 is 1.11 bits per heavy atom. The van der Waals surface area contributed by atoms with Crippen LogP contribution in [0, 0.1) is 0 Å². The van der Waals surface area contributed by atoms with Gasteiger partial charge in [-0.15, -0.1) is 0 Å². The van der Waals surface area contributed by atoms with E-state index in [2.05, 4.69) is 37.8 Å². The highest BCUT2D eigenvalue weighted by molar-refractivity contribution is 14.1. The number of piperazine rings is 1. The molecule has 0 aliphatic carbocycles. The van der Waals surface area contributed by atoms with Gasteiger partial charge in [0.05, 0.1) is 0 Å². The molecule has 2 saturated heterocycles. The summed E-state index contributed by atoms with van der Waals surface area (Å²) in [6.45, 7) is 8.50. The highest BCUT2D eigenvalue weighted by Gasteiger charge is 2.27. The van der Waals surface area contributed by atoms with Crippen LogP contribution in [0.25, 0.3) is 0 Å². The van der Waals surface area contributed by atoms with Crippen LogP contribution in [0.5, 0.6) is 0 Å². The minimum atomic E-state index is 0.347. The van der Waals surface area contributed by atoms with Crippen molar-refractivity contribution in [3.05, 3.63) is 0 Å². The molecule has 0 unspecified atom stereocenters. The number of hydrogen-bond acceptors (Lipinski definition) is 3. The van der Waals surface area contributed by atoms with Crippen molar-refractivity contribution in [2.75, 3.05) is 39.3 Å².